The molecule has 0 spiro atoms. The summed E-state index contributed by atoms with van der Waals surface area (Å²) < 4.78 is 3.39. The zero-order valence-electron chi connectivity index (χ0n) is 28.7. The molecule has 0 fully saturated rings. The van der Waals surface area contributed by atoms with Crippen LogP contribution in [0.4, 0.5) is 11.4 Å². The lowest BCUT2D eigenvalue weighted by atomic mass is 9.95. The molecule has 2 aromatic carbocycles. The van der Waals surface area contributed by atoms with Gasteiger partial charge in [0, 0.05) is 24.3 Å². The van der Waals surface area contributed by atoms with E-state index in [4.69, 9.17) is 0 Å². The number of nitrogens with zero attached hydrogens (tertiary/aromatic N) is 4. The molecular weight excluding hydrogens is 632 g/mol. The smallest absolute Gasteiger partial charge is 0.269 e. The molecule has 0 unspecified atom stereocenters. The third kappa shape index (κ3) is 6.49. The van der Waals surface area contributed by atoms with Crippen LogP contribution < -0.4 is 11.1 Å². The summed E-state index contributed by atoms with van der Waals surface area (Å²) in [6, 6.07) is 19.9. The molecule has 0 aliphatic heterocycles. The topological polar surface area (TPSA) is 129 Å². The van der Waals surface area contributed by atoms with E-state index in [9.17, 15) is 29.8 Å². The first-order valence-corrected chi connectivity index (χ1v) is 17.8. The number of pyridine rings is 2. The number of aryl methyl sites for hydroxylation is 2. The van der Waals surface area contributed by atoms with Gasteiger partial charge in [0.1, 0.15) is 0 Å². The van der Waals surface area contributed by atoms with Gasteiger partial charge >= 0.3 is 0 Å². The highest BCUT2D eigenvalue weighted by molar-refractivity contribution is 5.97. The monoisotopic (exact) mass is 674 g/mol. The third-order valence-electron chi connectivity index (χ3n) is 9.88. The van der Waals surface area contributed by atoms with E-state index in [0.717, 1.165) is 75.3 Å². The fourth-order valence-corrected chi connectivity index (χ4v) is 7.31. The van der Waals surface area contributed by atoms with E-state index in [0.29, 0.717) is 57.2 Å². The molecule has 0 atom stereocenters. The van der Waals surface area contributed by atoms with Crippen LogP contribution in [0.1, 0.15) is 89.2 Å². The van der Waals surface area contributed by atoms with E-state index < -0.39 is 9.85 Å². The normalized spacial score (nSPS) is 11.6. The predicted molar refractivity (Wildman–Crippen MR) is 199 cm³/mol. The molecule has 4 heterocycles. The Labute approximate surface area is 289 Å². The summed E-state index contributed by atoms with van der Waals surface area (Å²) in [5.74, 6) is 0. The van der Waals surface area contributed by atoms with Gasteiger partial charge in [0.05, 0.1) is 43.0 Å². The molecule has 6 rings (SSSR count). The molecule has 4 aromatic heterocycles. The van der Waals surface area contributed by atoms with E-state index in [1.54, 1.807) is 33.1 Å². The highest BCUT2D eigenvalue weighted by Crippen LogP contribution is 2.33. The van der Waals surface area contributed by atoms with Gasteiger partial charge in [-0.25, -0.2) is 0 Å². The van der Waals surface area contributed by atoms with E-state index in [1.165, 1.54) is 24.3 Å². The number of rotatable bonds is 16. The molecule has 0 N–H and O–H groups in total. The van der Waals surface area contributed by atoms with Crippen LogP contribution in [0.15, 0.2) is 82.4 Å². The molecule has 0 bridgehead atoms. The lowest BCUT2D eigenvalue weighted by Crippen LogP contribution is -2.25. The summed E-state index contributed by atoms with van der Waals surface area (Å²) in [6.45, 7) is 4.34. The SMILES string of the molecule is CCCCCCCc1c2c(=O)n3c(-c4ccc([N+](=O)[O-])cc4)ccc3c(CCCCCCC)c2c(=O)n2c(-c3ccc([N+](=O)[O-])cc3)ccc12. The van der Waals surface area contributed by atoms with Gasteiger partial charge in [-0.2, -0.15) is 0 Å². The summed E-state index contributed by atoms with van der Waals surface area (Å²) in [4.78, 5) is 51.6. The quantitative estimate of drug-likeness (QED) is 0.0571. The Bertz CT molecular complexity index is 2120. The van der Waals surface area contributed by atoms with Crippen LogP contribution in [0, 0.1) is 20.2 Å². The Kier molecular flexibility index (Phi) is 10.4. The van der Waals surface area contributed by atoms with Crippen LogP contribution in [0.2, 0.25) is 0 Å². The predicted octanol–water partition coefficient (Wildman–Crippen LogP) is 9.68. The van der Waals surface area contributed by atoms with Gasteiger partial charge in [0.15, 0.2) is 0 Å². The second-order valence-corrected chi connectivity index (χ2v) is 13.1. The Balaban J connectivity index is 1.64. The van der Waals surface area contributed by atoms with Crippen molar-refractivity contribution in [2.24, 2.45) is 0 Å². The van der Waals surface area contributed by atoms with Crippen molar-refractivity contribution < 1.29 is 9.85 Å². The average molecular weight is 675 g/mol. The Morgan fingerprint density at radius 3 is 1.20 bits per heavy atom. The minimum atomic E-state index is -0.445. The maximum absolute atomic E-state index is 14.9. The first-order valence-electron chi connectivity index (χ1n) is 17.8. The van der Waals surface area contributed by atoms with Gasteiger partial charge in [-0.05, 0) is 96.5 Å². The molecule has 0 amide bonds. The number of hydrogen-bond donors (Lipinski definition) is 0. The van der Waals surface area contributed by atoms with Crippen LogP contribution >= 0.6 is 0 Å². The number of aromatic nitrogens is 2. The zero-order chi connectivity index (χ0) is 35.4. The molecule has 50 heavy (non-hydrogen) atoms. The summed E-state index contributed by atoms with van der Waals surface area (Å²) in [5, 5.41) is 23.6. The number of hydrogen-bond acceptors (Lipinski definition) is 6. The number of nitro groups is 2. The Morgan fingerprint density at radius 1 is 0.500 bits per heavy atom. The summed E-state index contributed by atoms with van der Waals surface area (Å²) in [6.07, 6.45) is 11.6. The van der Waals surface area contributed by atoms with Gasteiger partial charge in [-0.3, -0.25) is 38.6 Å². The second kappa shape index (κ2) is 15.0. The van der Waals surface area contributed by atoms with Gasteiger partial charge in [-0.15, -0.1) is 0 Å². The first kappa shape index (κ1) is 34.5. The van der Waals surface area contributed by atoms with Crippen LogP contribution in [0.25, 0.3) is 44.3 Å². The molecule has 0 aliphatic carbocycles. The molecule has 0 radical (unpaired) electrons. The van der Waals surface area contributed by atoms with Crippen LogP contribution in [-0.4, -0.2) is 18.6 Å². The molecule has 0 saturated heterocycles. The van der Waals surface area contributed by atoms with E-state index >= 15 is 0 Å². The number of unbranched alkanes of at least 4 members (excludes halogenated alkanes) is 8. The highest BCUT2D eigenvalue weighted by atomic mass is 16.6. The third-order valence-corrected chi connectivity index (χ3v) is 9.88. The van der Waals surface area contributed by atoms with Gasteiger partial charge in [0.2, 0.25) is 0 Å². The van der Waals surface area contributed by atoms with Crippen LogP contribution in [-0.2, 0) is 12.8 Å². The van der Waals surface area contributed by atoms with E-state index in [2.05, 4.69) is 13.8 Å². The molecule has 10 heteroatoms. The number of nitro benzene ring substituents is 2. The maximum atomic E-state index is 14.9. The van der Waals surface area contributed by atoms with Crippen molar-refractivity contribution in [3.05, 3.63) is 125 Å². The Hall–Kier alpha value is -5.38. The molecule has 10 nitrogen and oxygen atoms in total. The summed E-state index contributed by atoms with van der Waals surface area (Å²) >= 11 is 0. The highest BCUT2D eigenvalue weighted by Gasteiger charge is 2.25. The fourth-order valence-electron chi connectivity index (χ4n) is 7.31. The molecule has 0 saturated carbocycles. The molecule has 258 valence electrons. The molecule has 0 aliphatic rings. The van der Waals surface area contributed by atoms with Crippen molar-refractivity contribution in [3.63, 3.8) is 0 Å². The number of non-ortho nitro benzene ring substituents is 2. The van der Waals surface area contributed by atoms with Crippen molar-refractivity contribution in [1.82, 2.24) is 8.80 Å². The van der Waals surface area contributed by atoms with Crippen LogP contribution in [0.5, 0.6) is 0 Å². The first-order chi connectivity index (χ1) is 24.3. The minimum Gasteiger partial charge on any atom is -0.276 e. The van der Waals surface area contributed by atoms with Crippen molar-refractivity contribution in [2.45, 2.75) is 90.9 Å². The molecular formula is C40H42N4O6. The zero-order valence-corrected chi connectivity index (χ0v) is 28.7. The van der Waals surface area contributed by atoms with Gasteiger partial charge in [0.25, 0.3) is 22.5 Å². The van der Waals surface area contributed by atoms with Crippen LogP contribution in [0.3, 0.4) is 0 Å². The lowest BCUT2D eigenvalue weighted by Gasteiger charge is -2.16. The van der Waals surface area contributed by atoms with E-state index in [1.807, 2.05) is 24.3 Å². The van der Waals surface area contributed by atoms with Crippen molar-refractivity contribution in [3.8, 4) is 22.5 Å². The Morgan fingerprint density at radius 2 is 0.860 bits per heavy atom. The number of benzene rings is 2. The summed E-state index contributed by atoms with van der Waals surface area (Å²) in [7, 11) is 0. The van der Waals surface area contributed by atoms with E-state index in [-0.39, 0.29) is 22.5 Å². The maximum Gasteiger partial charge on any atom is 0.269 e. The minimum absolute atomic E-state index is 0.0315. The van der Waals surface area contributed by atoms with Gasteiger partial charge < -0.3 is 0 Å². The summed E-state index contributed by atoms with van der Waals surface area (Å²) in [5.41, 5.74) is 4.97. The van der Waals surface area contributed by atoms with Crippen molar-refractivity contribution in [1.29, 1.82) is 0 Å². The second-order valence-electron chi connectivity index (χ2n) is 13.1. The van der Waals surface area contributed by atoms with Crippen molar-refractivity contribution in [2.75, 3.05) is 0 Å². The lowest BCUT2D eigenvalue weighted by molar-refractivity contribution is -0.385. The largest absolute Gasteiger partial charge is 0.276 e. The fraction of sp³-hybridized carbons (Fsp3) is 0.350. The standard InChI is InChI=1S/C40H42N4O6/c1-3-5-7-9-11-13-31-35-25-23-33(27-15-19-29(20-16-27)43(47)48)41(35)40(46)38-32(14-12-10-8-6-4-2)36-26-24-34(42(36)39(45)37(31)38)28-17-21-30(22-18-28)44(49)50/h15-26H,3-14H2,1-2H3. The molecule has 6 aromatic rings. The number of fused-ring (bicyclic) bond motifs is 3. The van der Waals surface area contributed by atoms with Gasteiger partial charge in [-0.1, -0.05) is 65.2 Å². The van der Waals surface area contributed by atoms with Crippen molar-refractivity contribution >= 4 is 33.2 Å². The average Bonchev–Trinajstić information content (AvgIpc) is 3.77.